The van der Waals surface area contributed by atoms with Gasteiger partial charge in [0.2, 0.25) is 31.7 Å². The maximum atomic E-state index is 13.5. The van der Waals surface area contributed by atoms with Gasteiger partial charge in [-0.05, 0) is 154 Å². The second-order valence-corrected chi connectivity index (χ2v) is 23.7. The molecule has 0 spiro atoms. The Morgan fingerprint density at radius 2 is 0.855 bits per heavy atom. The van der Waals surface area contributed by atoms with Crippen molar-refractivity contribution in [1.29, 1.82) is 0 Å². The van der Waals surface area contributed by atoms with Crippen LogP contribution < -0.4 is 9.47 Å². The number of rotatable bonds is 20. The average molecular weight is 1130 g/mol. The van der Waals surface area contributed by atoms with Crippen LogP contribution in [0.1, 0.15) is 69.2 Å². The van der Waals surface area contributed by atoms with Crippen molar-refractivity contribution in [2.24, 2.45) is 0 Å². The van der Waals surface area contributed by atoms with Gasteiger partial charge in [0.15, 0.2) is 0 Å². The Bertz CT molecular complexity index is 3210. The Hall–Kier alpha value is -6.96. The molecular weight excluding hydrogens is 1080 g/mol. The largest absolute Gasteiger partial charge is 0.489 e. The number of hydrogen-bond donors (Lipinski definition) is 2. The summed E-state index contributed by atoms with van der Waals surface area (Å²) in [4.78, 5) is 55.3. The summed E-state index contributed by atoms with van der Waals surface area (Å²) in [6.07, 6.45) is -0.0918. The summed E-state index contributed by atoms with van der Waals surface area (Å²) < 4.78 is 86.0. The molecule has 0 radical (unpaired) electrons. The van der Waals surface area contributed by atoms with Crippen LogP contribution in [-0.2, 0) is 48.7 Å². The van der Waals surface area contributed by atoms with E-state index in [1.54, 1.807) is 77.9 Å². The summed E-state index contributed by atoms with van der Waals surface area (Å²) in [7, 11) is -8.69. The van der Waals surface area contributed by atoms with Crippen LogP contribution in [0.2, 0.25) is 10.0 Å². The van der Waals surface area contributed by atoms with E-state index in [1.165, 1.54) is 48.5 Å². The van der Waals surface area contributed by atoms with E-state index in [1.807, 2.05) is 27.7 Å². The maximum absolute atomic E-state index is 13.5. The lowest BCUT2D eigenvalue weighted by atomic mass is 10.2. The first-order valence-electron chi connectivity index (χ1n) is 23.0. The Morgan fingerprint density at radius 1 is 0.539 bits per heavy atom. The highest BCUT2D eigenvalue weighted by Gasteiger charge is 2.33. The van der Waals surface area contributed by atoms with Crippen molar-refractivity contribution in [2.75, 3.05) is 26.2 Å². The third kappa shape index (κ3) is 17.0. The van der Waals surface area contributed by atoms with Gasteiger partial charge in [-0.1, -0.05) is 33.5 Å². The molecule has 0 amide bonds. The van der Waals surface area contributed by atoms with Crippen LogP contribution in [0.25, 0.3) is 45.7 Å². The van der Waals surface area contributed by atoms with Crippen LogP contribution in [0.3, 0.4) is 0 Å². The van der Waals surface area contributed by atoms with E-state index >= 15 is 0 Å². The number of nitrogens with zero attached hydrogens (tertiary/aromatic N) is 6. The summed E-state index contributed by atoms with van der Waals surface area (Å²) in [5, 5.41) is 26.5. The Labute approximate surface area is 448 Å². The van der Waals surface area contributed by atoms with Crippen LogP contribution in [0.4, 0.5) is 0 Å². The van der Waals surface area contributed by atoms with Gasteiger partial charge in [-0.2, -0.15) is 18.6 Å². The Morgan fingerprint density at radius 3 is 1.14 bits per heavy atom. The van der Waals surface area contributed by atoms with Crippen molar-refractivity contribution in [3.05, 3.63) is 95.0 Å². The third-order valence-electron chi connectivity index (χ3n) is 9.51. The number of esters is 2. The molecule has 2 N–H and O–H groups in total. The number of ether oxygens (including phenoxy) is 4. The van der Waals surface area contributed by atoms with E-state index in [4.69, 9.17) is 61.4 Å². The number of aromatic nitrogens is 4. The number of carbonyl (C=O) groups excluding carboxylic acids is 2. The zero-order chi connectivity index (χ0) is 56.5. The van der Waals surface area contributed by atoms with E-state index in [2.05, 4.69) is 20.3 Å². The fourth-order valence-electron chi connectivity index (χ4n) is 6.52. The second-order valence-electron chi connectivity index (χ2n) is 19.0. The smallest absolute Gasteiger partial charge is 0.321 e. The average Bonchev–Trinajstić information content (AvgIpc) is 4.00. The Kier molecular flexibility index (Phi) is 19.6. The highest BCUT2D eigenvalue weighted by molar-refractivity contribution is 7.89. The van der Waals surface area contributed by atoms with E-state index in [0.717, 1.165) is 4.31 Å². The zero-order valence-electron chi connectivity index (χ0n) is 42.9. The van der Waals surface area contributed by atoms with Gasteiger partial charge < -0.3 is 38.2 Å². The monoisotopic (exact) mass is 1130 g/mol. The SMILES string of the molecule is CC(C)Oc1ccc(-c2noc(-c3ccc(S(=O)(=O)N(CC(=O)O)CC(=O)O)cc3)n2)cc1Cl.CC(C)Oc1ccc(-c2noc(-c3ccc(S(=O)(=O)N(CC(=O)OC(C)(C)C)CC(=O)OC(C)(C)C)cc3)n2)cc1Cl. The van der Waals surface area contributed by atoms with Crippen molar-refractivity contribution >= 4 is 67.1 Å². The molecule has 76 heavy (non-hydrogen) atoms. The minimum Gasteiger partial charge on any atom is -0.489 e. The summed E-state index contributed by atoms with van der Waals surface area (Å²) in [5.74, 6) is -2.77. The molecule has 26 heteroatoms. The minimum atomic E-state index is -4.37. The van der Waals surface area contributed by atoms with Gasteiger partial charge in [-0.15, -0.1) is 0 Å². The van der Waals surface area contributed by atoms with Crippen molar-refractivity contribution in [3.8, 4) is 57.2 Å². The predicted octanol–water partition coefficient (Wildman–Crippen LogP) is 8.52. The molecule has 0 aliphatic rings. The van der Waals surface area contributed by atoms with Gasteiger partial charge in [-0.25, -0.2) is 16.8 Å². The van der Waals surface area contributed by atoms with Crippen molar-refractivity contribution in [1.82, 2.24) is 28.9 Å². The molecule has 0 aliphatic carbocycles. The van der Waals surface area contributed by atoms with Gasteiger partial charge in [0, 0.05) is 22.3 Å². The van der Waals surface area contributed by atoms with Crippen molar-refractivity contribution in [2.45, 2.75) is 102 Å². The van der Waals surface area contributed by atoms with Gasteiger partial charge in [-0.3, -0.25) is 19.2 Å². The number of carboxylic acids is 2. The molecule has 2 heterocycles. The number of halogens is 2. The molecule has 0 bridgehead atoms. The molecule has 0 saturated carbocycles. The first kappa shape index (κ1) is 59.9. The minimum absolute atomic E-state index is 0.0430. The molecule has 0 saturated heterocycles. The molecule has 0 atom stereocenters. The van der Waals surface area contributed by atoms with Gasteiger partial charge >= 0.3 is 23.9 Å². The number of sulfonamides is 2. The summed E-state index contributed by atoms with van der Waals surface area (Å²) in [5.41, 5.74) is 0.325. The van der Waals surface area contributed by atoms with Crippen LogP contribution >= 0.6 is 23.2 Å². The first-order chi connectivity index (χ1) is 35.3. The topological polar surface area (TPSA) is 298 Å². The van der Waals surface area contributed by atoms with Crippen LogP contribution in [0.15, 0.2) is 104 Å². The van der Waals surface area contributed by atoms with Crippen molar-refractivity contribution < 1.29 is 74.2 Å². The highest BCUT2D eigenvalue weighted by Crippen LogP contribution is 2.33. The van der Waals surface area contributed by atoms with Gasteiger partial charge in [0.25, 0.3) is 11.8 Å². The lowest BCUT2D eigenvalue weighted by Crippen LogP contribution is -2.43. The molecule has 6 aromatic rings. The lowest BCUT2D eigenvalue weighted by molar-refractivity contribution is -0.158. The molecule has 2 aromatic heterocycles. The van der Waals surface area contributed by atoms with Crippen LogP contribution in [-0.4, -0.2) is 129 Å². The van der Waals surface area contributed by atoms with Crippen LogP contribution in [0, 0.1) is 0 Å². The van der Waals surface area contributed by atoms with E-state index in [0.29, 0.717) is 48.1 Å². The summed E-state index contributed by atoms with van der Waals surface area (Å²) >= 11 is 12.6. The molecule has 22 nitrogen and oxygen atoms in total. The lowest BCUT2D eigenvalue weighted by Gasteiger charge is -2.26. The number of carbonyl (C=O) groups is 4. The molecule has 408 valence electrons. The number of hydrogen-bond acceptors (Lipinski definition) is 18. The maximum Gasteiger partial charge on any atom is 0.321 e. The quantitative estimate of drug-likeness (QED) is 0.0677. The molecule has 0 unspecified atom stereocenters. The fraction of sp³-hybridized carbons (Fsp3) is 0.360. The third-order valence-corrected chi connectivity index (χ3v) is 13.7. The molecular formula is C50H56Cl2N6O16S2. The Balaban J connectivity index is 0.000000287. The second kappa shape index (κ2) is 24.8. The van der Waals surface area contributed by atoms with E-state index in [9.17, 15) is 36.0 Å². The number of benzene rings is 4. The number of aliphatic carboxylic acids is 2. The normalized spacial score (nSPS) is 12.1. The fourth-order valence-corrected chi connectivity index (χ4v) is 9.64. The molecule has 6 rings (SSSR count). The van der Waals surface area contributed by atoms with E-state index in [-0.39, 0.29) is 45.4 Å². The standard InChI is InChI=1S/C29H36ClN3O8S.C21H20ClN3O8S/c1-18(2)38-23-14-11-20(15-22(23)30)26-31-27(41-32-26)19-9-12-21(13-10-19)42(36,37)33(16-24(34)39-28(3,4)5)17-25(35)40-29(6,7)8;1-12(2)32-17-8-5-14(9-16(17)22)20-23-21(33-24-20)13-3-6-15(7-4-13)34(30,31)25(10-18(26)27)11-19(28)29/h9-15,18H,16-17H2,1-8H3;3-9,12H,10-11H2,1-2H3,(H,26,27)(H,28,29). The molecule has 4 aromatic carbocycles. The van der Waals surface area contributed by atoms with Crippen molar-refractivity contribution in [3.63, 3.8) is 0 Å². The molecule has 0 fully saturated rings. The van der Waals surface area contributed by atoms with Gasteiger partial charge in [0.1, 0.15) is 48.9 Å². The van der Waals surface area contributed by atoms with Gasteiger partial charge in [0.05, 0.1) is 32.0 Å². The highest BCUT2D eigenvalue weighted by atomic mass is 35.5. The van der Waals surface area contributed by atoms with E-state index < -0.39 is 81.3 Å². The first-order valence-corrected chi connectivity index (χ1v) is 26.6. The number of carboxylic acid groups (broad SMARTS) is 2. The predicted molar refractivity (Wildman–Crippen MR) is 276 cm³/mol. The zero-order valence-corrected chi connectivity index (χ0v) is 46.1. The van der Waals surface area contributed by atoms with Crippen LogP contribution in [0.5, 0.6) is 11.5 Å². The molecule has 0 aliphatic heterocycles. The summed E-state index contributed by atoms with van der Waals surface area (Å²) in [6.45, 7) is 14.1. The summed E-state index contributed by atoms with van der Waals surface area (Å²) in [6, 6.07) is 20.9.